The molecule has 20 heavy (non-hydrogen) atoms. The first-order chi connectivity index (χ1) is 9.70. The van der Waals surface area contributed by atoms with Crippen molar-refractivity contribution in [3.05, 3.63) is 47.4 Å². The summed E-state index contributed by atoms with van der Waals surface area (Å²) in [5, 5.41) is 3.91. The number of halogens is 1. The summed E-state index contributed by atoms with van der Waals surface area (Å²) in [4.78, 5) is 6.45. The van der Waals surface area contributed by atoms with E-state index in [0.717, 1.165) is 18.7 Å². The number of benzene rings is 1. The molecular weight excluding hydrogens is 261 g/mol. The van der Waals surface area contributed by atoms with Crippen LogP contribution in [0.4, 0.5) is 4.39 Å². The van der Waals surface area contributed by atoms with Crippen molar-refractivity contribution in [2.75, 3.05) is 19.7 Å². The Balaban J connectivity index is 1.64. The Bertz CT molecular complexity index is 570. The van der Waals surface area contributed by atoms with Crippen LogP contribution in [0.5, 0.6) is 0 Å². The van der Waals surface area contributed by atoms with Crippen LogP contribution in [0.2, 0.25) is 0 Å². The second kappa shape index (κ2) is 5.68. The summed E-state index contributed by atoms with van der Waals surface area (Å²) in [5.41, 5.74) is 1.08. The minimum absolute atomic E-state index is 0.165. The quantitative estimate of drug-likeness (QED) is 0.860. The molecule has 0 unspecified atom stereocenters. The van der Waals surface area contributed by atoms with Gasteiger partial charge in [0.2, 0.25) is 11.7 Å². The van der Waals surface area contributed by atoms with E-state index in [1.54, 1.807) is 19.1 Å². The lowest BCUT2D eigenvalue weighted by Crippen LogP contribution is -2.38. The first-order valence-electron chi connectivity index (χ1n) is 6.59. The summed E-state index contributed by atoms with van der Waals surface area (Å²) in [7, 11) is 0. The number of aromatic nitrogens is 2. The molecule has 1 aromatic carbocycles. The van der Waals surface area contributed by atoms with Crippen LogP contribution in [0.3, 0.4) is 0 Å². The zero-order valence-electron chi connectivity index (χ0n) is 11.3. The summed E-state index contributed by atoms with van der Waals surface area (Å²) < 4.78 is 23.6. The first kappa shape index (κ1) is 13.2. The molecule has 0 N–H and O–H groups in total. The molecule has 0 spiro atoms. The molecule has 5 nitrogen and oxygen atoms in total. The molecule has 0 radical (unpaired) electrons. The Labute approximate surface area is 116 Å². The maximum atomic E-state index is 12.9. The minimum atomic E-state index is -0.212. The van der Waals surface area contributed by atoms with Gasteiger partial charge in [0, 0.05) is 26.6 Å². The molecule has 0 saturated carbocycles. The Morgan fingerprint density at radius 3 is 2.85 bits per heavy atom. The van der Waals surface area contributed by atoms with Gasteiger partial charge in [-0.1, -0.05) is 17.3 Å². The van der Waals surface area contributed by atoms with Crippen LogP contribution in [0, 0.1) is 12.7 Å². The molecule has 1 saturated heterocycles. The third-order valence-electron chi connectivity index (χ3n) is 3.30. The highest BCUT2D eigenvalue weighted by Gasteiger charge is 2.25. The third kappa shape index (κ3) is 3.02. The van der Waals surface area contributed by atoms with Crippen molar-refractivity contribution < 1.29 is 13.7 Å². The lowest BCUT2D eigenvalue weighted by atomic mass is 10.2. The smallest absolute Gasteiger partial charge is 0.223 e. The molecule has 0 aliphatic carbocycles. The second-order valence-electron chi connectivity index (χ2n) is 4.89. The normalized spacial score (nSPS) is 20.2. The van der Waals surface area contributed by atoms with Gasteiger partial charge in [0.05, 0.1) is 6.61 Å². The van der Waals surface area contributed by atoms with Crippen molar-refractivity contribution in [1.29, 1.82) is 0 Å². The van der Waals surface area contributed by atoms with Gasteiger partial charge in [-0.05, 0) is 17.7 Å². The highest BCUT2D eigenvalue weighted by molar-refractivity contribution is 5.16. The summed E-state index contributed by atoms with van der Waals surface area (Å²) >= 11 is 0. The third-order valence-corrected chi connectivity index (χ3v) is 3.30. The average molecular weight is 277 g/mol. The van der Waals surface area contributed by atoms with E-state index >= 15 is 0 Å². The molecule has 0 bridgehead atoms. The van der Waals surface area contributed by atoms with Gasteiger partial charge in [-0.15, -0.1) is 0 Å². The van der Waals surface area contributed by atoms with Crippen LogP contribution in [0.1, 0.15) is 23.4 Å². The Kier molecular flexibility index (Phi) is 3.75. The number of ether oxygens (including phenoxy) is 1. The van der Waals surface area contributed by atoms with E-state index in [0.29, 0.717) is 24.9 Å². The van der Waals surface area contributed by atoms with Gasteiger partial charge in [0.1, 0.15) is 11.9 Å². The van der Waals surface area contributed by atoms with Crippen LogP contribution >= 0.6 is 0 Å². The fraction of sp³-hybridized carbons (Fsp3) is 0.429. The number of rotatable bonds is 3. The van der Waals surface area contributed by atoms with Crippen molar-refractivity contribution in [2.24, 2.45) is 0 Å². The van der Waals surface area contributed by atoms with E-state index in [-0.39, 0.29) is 11.9 Å². The summed E-state index contributed by atoms with van der Waals surface area (Å²) in [6, 6.07) is 6.57. The first-order valence-corrected chi connectivity index (χ1v) is 6.59. The summed E-state index contributed by atoms with van der Waals surface area (Å²) in [6.45, 7) is 4.69. The Hall–Kier alpha value is -1.79. The molecule has 2 heterocycles. The topological polar surface area (TPSA) is 51.4 Å². The van der Waals surface area contributed by atoms with Gasteiger partial charge in [-0.2, -0.15) is 4.98 Å². The maximum Gasteiger partial charge on any atom is 0.223 e. The Morgan fingerprint density at radius 1 is 1.35 bits per heavy atom. The van der Waals surface area contributed by atoms with Gasteiger partial charge in [-0.3, -0.25) is 4.90 Å². The van der Waals surface area contributed by atoms with Crippen LogP contribution in [0.25, 0.3) is 0 Å². The van der Waals surface area contributed by atoms with Gasteiger partial charge in [-0.25, -0.2) is 4.39 Å². The van der Waals surface area contributed by atoms with Crippen molar-refractivity contribution in [3.63, 3.8) is 0 Å². The van der Waals surface area contributed by atoms with Gasteiger partial charge >= 0.3 is 0 Å². The van der Waals surface area contributed by atoms with E-state index in [4.69, 9.17) is 9.26 Å². The van der Waals surface area contributed by atoms with Crippen molar-refractivity contribution in [1.82, 2.24) is 15.0 Å². The molecule has 1 atom stereocenters. The zero-order chi connectivity index (χ0) is 13.9. The predicted octanol–water partition coefficient (Wildman–Crippen LogP) is 2.09. The van der Waals surface area contributed by atoms with Gasteiger partial charge in [0.15, 0.2) is 0 Å². The number of hydrogen-bond acceptors (Lipinski definition) is 5. The van der Waals surface area contributed by atoms with Crippen LogP contribution < -0.4 is 0 Å². The fourth-order valence-corrected chi connectivity index (χ4v) is 2.30. The molecule has 1 aromatic heterocycles. The fourth-order valence-electron chi connectivity index (χ4n) is 2.30. The van der Waals surface area contributed by atoms with Gasteiger partial charge < -0.3 is 9.26 Å². The molecule has 6 heteroatoms. The maximum absolute atomic E-state index is 12.9. The monoisotopic (exact) mass is 277 g/mol. The van der Waals surface area contributed by atoms with E-state index in [1.807, 2.05) is 0 Å². The number of nitrogens with zero attached hydrogens (tertiary/aromatic N) is 3. The SMILES string of the molecule is Cc1nc([C@H]2CN(Cc3ccc(F)cc3)CCO2)no1. The highest BCUT2D eigenvalue weighted by Crippen LogP contribution is 2.21. The lowest BCUT2D eigenvalue weighted by molar-refractivity contribution is -0.0380. The van der Waals surface area contributed by atoms with E-state index in [2.05, 4.69) is 15.0 Å². The standard InChI is InChI=1S/C14H16FN3O2/c1-10-16-14(17-20-10)13-9-18(6-7-19-13)8-11-2-4-12(15)5-3-11/h2-5,13H,6-9H2,1H3/t13-/m1/s1. The molecule has 106 valence electrons. The van der Waals surface area contributed by atoms with E-state index < -0.39 is 0 Å². The molecular formula is C14H16FN3O2. The molecule has 1 fully saturated rings. The summed E-state index contributed by atoms with van der Waals surface area (Å²) in [5.74, 6) is 0.918. The average Bonchev–Trinajstić information content (AvgIpc) is 2.89. The van der Waals surface area contributed by atoms with Crippen LogP contribution in [0.15, 0.2) is 28.8 Å². The van der Waals surface area contributed by atoms with Crippen LogP contribution in [-0.2, 0) is 11.3 Å². The van der Waals surface area contributed by atoms with Crippen LogP contribution in [-0.4, -0.2) is 34.7 Å². The number of morpholine rings is 1. The minimum Gasteiger partial charge on any atom is -0.367 e. The van der Waals surface area contributed by atoms with E-state index in [1.165, 1.54) is 12.1 Å². The van der Waals surface area contributed by atoms with Crippen molar-refractivity contribution >= 4 is 0 Å². The number of aryl methyl sites for hydroxylation is 1. The van der Waals surface area contributed by atoms with Crippen molar-refractivity contribution in [3.8, 4) is 0 Å². The Morgan fingerprint density at radius 2 is 2.15 bits per heavy atom. The number of hydrogen-bond donors (Lipinski definition) is 0. The molecule has 2 aromatic rings. The summed E-state index contributed by atoms with van der Waals surface area (Å²) in [6.07, 6.45) is -0.165. The predicted molar refractivity (Wildman–Crippen MR) is 69.4 cm³/mol. The molecule has 1 aliphatic heterocycles. The van der Waals surface area contributed by atoms with E-state index in [9.17, 15) is 4.39 Å². The van der Waals surface area contributed by atoms with Gasteiger partial charge in [0.25, 0.3) is 0 Å². The second-order valence-corrected chi connectivity index (χ2v) is 4.89. The lowest BCUT2D eigenvalue weighted by Gasteiger charge is -2.31. The molecule has 0 amide bonds. The molecule has 3 rings (SSSR count). The zero-order valence-corrected chi connectivity index (χ0v) is 11.3. The van der Waals surface area contributed by atoms with Crippen molar-refractivity contribution in [2.45, 2.75) is 19.6 Å². The molecule has 1 aliphatic rings. The highest BCUT2D eigenvalue weighted by atomic mass is 19.1. The largest absolute Gasteiger partial charge is 0.367 e.